The number of thiol groups is 1. The summed E-state index contributed by atoms with van der Waals surface area (Å²) < 4.78 is 0. The third kappa shape index (κ3) is 6.97. The molecule has 1 rings (SSSR count). The third-order valence-corrected chi connectivity index (χ3v) is 3.20. The summed E-state index contributed by atoms with van der Waals surface area (Å²) in [4.78, 5) is 0. The zero-order valence-electron chi connectivity index (χ0n) is 9.00. The van der Waals surface area contributed by atoms with Crippen molar-refractivity contribution in [3.05, 3.63) is 0 Å². The molecule has 0 spiro atoms. The van der Waals surface area contributed by atoms with E-state index < -0.39 is 0 Å². The van der Waals surface area contributed by atoms with Gasteiger partial charge in [0.05, 0.1) is 0 Å². The predicted molar refractivity (Wildman–Crippen MR) is 69.8 cm³/mol. The first-order valence-corrected chi connectivity index (χ1v) is 6.38. The van der Waals surface area contributed by atoms with Gasteiger partial charge in [-0.2, -0.15) is 12.6 Å². The lowest BCUT2D eigenvalue weighted by Crippen LogP contribution is -2.17. The summed E-state index contributed by atoms with van der Waals surface area (Å²) >= 11 is 4.15. The highest BCUT2D eigenvalue weighted by atomic mass is 35.5. The molecule has 0 aromatic rings. The van der Waals surface area contributed by atoms with E-state index in [0.29, 0.717) is 0 Å². The van der Waals surface area contributed by atoms with E-state index in [4.69, 9.17) is 0 Å². The lowest BCUT2D eigenvalue weighted by atomic mass is 10.0. The molecule has 1 aliphatic carbocycles. The minimum atomic E-state index is 0. The second-order valence-corrected chi connectivity index (χ2v) is 4.57. The Kier molecular flexibility index (Phi) is 10.6. The van der Waals surface area contributed by atoms with E-state index in [9.17, 15) is 0 Å². The maximum atomic E-state index is 4.15. The van der Waals surface area contributed by atoms with Gasteiger partial charge in [0.1, 0.15) is 0 Å². The molecule has 0 aromatic carbocycles. The Morgan fingerprint density at radius 2 is 1.79 bits per heavy atom. The molecule has 0 atom stereocenters. The first kappa shape index (κ1) is 14.6. The zero-order chi connectivity index (χ0) is 9.36. The number of unbranched alkanes of at least 4 members (excludes halogenated alkanes) is 1. The number of hydrogen-bond donors (Lipinski definition) is 2. The van der Waals surface area contributed by atoms with Crippen molar-refractivity contribution < 1.29 is 0 Å². The minimum absolute atomic E-state index is 0. The summed E-state index contributed by atoms with van der Waals surface area (Å²) in [5.41, 5.74) is 0. The van der Waals surface area contributed by atoms with Crippen LogP contribution in [0.4, 0.5) is 0 Å². The molecule has 0 aliphatic heterocycles. The van der Waals surface area contributed by atoms with Crippen LogP contribution in [0.5, 0.6) is 0 Å². The summed E-state index contributed by atoms with van der Waals surface area (Å²) in [7, 11) is 0. The molecule has 3 heteroatoms. The standard InChI is InChI=1S/C11H23NS.ClH/c13-10-9-12-8-4-3-7-11-5-1-2-6-11;/h11-13H,1-10H2;1H. The van der Waals surface area contributed by atoms with Gasteiger partial charge in [0, 0.05) is 12.3 Å². The normalized spacial score (nSPS) is 16.9. The fourth-order valence-electron chi connectivity index (χ4n) is 2.19. The number of nitrogens with one attached hydrogen (secondary N) is 1. The molecular weight excluding hydrogens is 214 g/mol. The van der Waals surface area contributed by atoms with Gasteiger partial charge >= 0.3 is 0 Å². The highest BCUT2D eigenvalue weighted by molar-refractivity contribution is 7.80. The number of rotatable bonds is 7. The van der Waals surface area contributed by atoms with Crippen molar-refractivity contribution in [3.8, 4) is 0 Å². The molecule has 0 bridgehead atoms. The molecule has 86 valence electrons. The smallest absolute Gasteiger partial charge is 0.00397 e. The van der Waals surface area contributed by atoms with Crippen LogP contribution in [-0.2, 0) is 0 Å². The monoisotopic (exact) mass is 237 g/mol. The van der Waals surface area contributed by atoms with Crippen LogP contribution in [0.3, 0.4) is 0 Å². The van der Waals surface area contributed by atoms with Crippen molar-refractivity contribution in [2.75, 3.05) is 18.8 Å². The van der Waals surface area contributed by atoms with Crippen LogP contribution >= 0.6 is 25.0 Å². The maximum Gasteiger partial charge on any atom is 0.00397 e. The van der Waals surface area contributed by atoms with Crippen molar-refractivity contribution in [3.63, 3.8) is 0 Å². The molecule has 14 heavy (non-hydrogen) atoms. The van der Waals surface area contributed by atoms with Gasteiger partial charge < -0.3 is 5.32 Å². The Labute approximate surface area is 100 Å². The topological polar surface area (TPSA) is 12.0 Å². The maximum absolute atomic E-state index is 4.15. The van der Waals surface area contributed by atoms with Gasteiger partial charge in [-0.25, -0.2) is 0 Å². The van der Waals surface area contributed by atoms with E-state index in [1.54, 1.807) is 0 Å². The van der Waals surface area contributed by atoms with Crippen molar-refractivity contribution in [2.24, 2.45) is 5.92 Å². The van der Waals surface area contributed by atoms with Crippen LogP contribution in [0.2, 0.25) is 0 Å². The summed E-state index contributed by atoms with van der Waals surface area (Å²) in [5, 5.41) is 3.38. The van der Waals surface area contributed by atoms with Crippen molar-refractivity contribution in [2.45, 2.75) is 44.9 Å². The Bertz CT molecular complexity index is 116. The van der Waals surface area contributed by atoms with E-state index in [2.05, 4.69) is 17.9 Å². The first-order valence-electron chi connectivity index (χ1n) is 5.75. The second kappa shape index (κ2) is 10.1. The SMILES string of the molecule is Cl.SCCNCCCCC1CCCC1. The lowest BCUT2D eigenvalue weighted by molar-refractivity contribution is 0.468. The average molecular weight is 238 g/mol. The van der Waals surface area contributed by atoms with Crippen LogP contribution in [0, 0.1) is 5.92 Å². The fourth-order valence-corrected chi connectivity index (χ4v) is 2.34. The number of hydrogen-bond acceptors (Lipinski definition) is 2. The van der Waals surface area contributed by atoms with Crippen LogP contribution in [0.1, 0.15) is 44.9 Å². The summed E-state index contributed by atoms with van der Waals surface area (Å²) in [6, 6.07) is 0. The Balaban J connectivity index is 0.00000169. The Morgan fingerprint density at radius 3 is 2.43 bits per heavy atom. The van der Waals surface area contributed by atoms with Gasteiger partial charge in [0.2, 0.25) is 0 Å². The van der Waals surface area contributed by atoms with Crippen molar-refractivity contribution in [1.82, 2.24) is 5.32 Å². The first-order chi connectivity index (χ1) is 6.43. The van der Waals surface area contributed by atoms with Gasteiger partial charge in [0.25, 0.3) is 0 Å². The molecule has 1 N–H and O–H groups in total. The van der Waals surface area contributed by atoms with Crippen LogP contribution < -0.4 is 5.32 Å². The Morgan fingerprint density at radius 1 is 1.07 bits per heavy atom. The molecule has 1 aliphatic rings. The zero-order valence-corrected chi connectivity index (χ0v) is 10.7. The molecular formula is C11H24ClNS. The fraction of sp³-hybridized carbons (Fsp3) is 1.00. The quantitative estimate of drug-likeness (QED) is 0.512. The van der Waals surface area contributed by atoms with Crippen LogP contribution in [-0.4, -0.2) is 18.8 Å². The van der Waals surface area contributed by atoms with E-state index >= 15 is 0 Å². The lowest BCUT2D eigenvalue weighted by Gasteiger charge is -2.08. The van der Waals surface area contributed by atoms with Gasteiger partial charge in [0.15, 0.2) is 0 Å². The van der Waals surface area contributed by atoms with E-state index in [1.807, 2.05) is 0 Å². The molecule has 1 saturated carbocycles. The van der Waals surface area contributed by atoms with Crippen molar-refractivity contribution in [1.29, 1.82) is 0 Å². The summed E-state index contributed by atoms with van der Waals surface area (Å²) in [6.07, 6.45) is 10.2. The highest BCUT2D eigenvalue weighted by Crippen LogP contribution is 2.28. The van der Waals surface area contributed by atoms with Crippen molar-refractivity contribution >= 4 is 25.0 Å². The molecule has 1 nitrogen and oxygen atoms in total. The van der Waals surface area contributed by atoms with E-state index in [1.165, 1.54) is 51.5 Å². The minimum Gasteiger partial charge on any atom is -0.316 e. The summed E-state index contributed by atoms with van der Waals surface area (Å²) in [5.74, 6) is 2.03. The predicted octanol–water partition coefficient (Wildman–Crippen LogP) is 3.29. The summed E-state index contributed by atoms with van der Waals surface area (Å²) in [6.45, 7) is 2.25. The average Bonchev–Trinajstić information content (AvgIpc) is 2.63. The third-order valence-electron chi connectivity index (χ3n) is 2.98. The molecule has 1 fully saturated rings. The largest absolute Gasteiger partial charge is 0.316 e. The van der Waals surface area contributed by atoms with E-state index in [-0.39, 0.29) is 12.4 Å². The van der Waals surface area contributed by atoms with Gasteiger partial charge in [-0.3, -0.25) is 0 Å². The molecule has 0 aromatic heterocycles. The second-order valence-electron chi connectivity index (χ2n) is 4.12. The van der Waals surface area contributed by atoms with Crippen LogP contribution in [0.15, 0.2) is 0 Å². The van der Waals surface area contributed by atoms with E-state index in [0.717, 1.165) is 18.2 Å². The highest BCUT2D eigenvalue weighted by Gasteiger charge is 2.13. The molecule has 0 radical (unpaired) electrons. The molecule has 0 unspecified atom stereocenters. The van der Waals surface area contributed by atoms with Gasteiger partial charge in [-0.05, 0) is 18.9 Å². The molecule has 0 saturated heterocycles. The molecule has 0 amide bonds. The Hall–Kier alpha value is 0.600. The van der Waals surface area contributed by atoms with Crippen LogP contribution in [0.25, 0.3) is 0 Å². The van der Waals surface area contributed by atoms with Gasteiger partial charge in [-0.1, -0.05) is 38.5 Å². The van der Waals surface area contributed by atoms with Gasteiger partial charge in [-0.15, -0.1) is 12.4 Å². The number of halogens is 1. The molecule has 0 heterocycles.